The summed E-state index contributed by atoms with van der Waals surface area (Å²) in [5.41, 5.74) is 6.69. The molecule has 2 aromatic heterocycles. The Labute approximate surface area is 175 Å². The summed E-state index contributed by atoms with van der Waals surface area (Å²) in [6.07, 6.45) is 0. The van der Waals surface area contributed by atoms with Gasteiger partial charge in [0.2, 0.25) is 0 Å². The summed E-state index contributed by atoms with van der Waals surface area (Å²) in [6, 6.07) is 30.1. The first kappa shape index (κ1) is 17.3. The van der Waals surface area contributed by atoms with Gasteiger partial charge in [0.25, 0.3) is 0 Å². The van der Waals surface area contributed by atoms with Crippen LogP contribution in [0.5, 0.6) is 0 Å². The number of fused-ring (bicyclic) bond motifs is 7. The molecular weight excluding hydrogens is 366 g/mol. The smallest absolute Gasteiger partial charge is 0.160 e. The fourth-order valence-corrected chi connectivity index (χ4v) is 4.74. The zero-order chi connectivity index (χ0) is 20.5. The standard InChI is InChI=1S/C28H23NO/c1-28(2,3)23-14-9-13-21-22-17-16-20-19-12-7-8-15-24(19)29(18-10-5-4-6-11-18)25(20)27(22)30-26(21)23/h4-17H,1-3H3. The lowest BCUT2D eigenvalue weighted by molar-refractivity contribution is 0.573. The van der Waals surface area contributed by atoms with Gasteiger partial charge in [0.15, 0.2) is 5.58 Å². The molecule has 0 aliphatic heterocycles. The minimum atomic E-state index is 0.0125. The van der Waals surface area contributed by atoms with E-state index in [2.05, 4.69) is 110 Å². The molecule has 30 heavy (non-hydrogen) atoms. The summed E-state index contributed by atoms with van der Waals surface area (Å²) in [5.74, 6) is 0. The van der Waals surface area contributed by atoms with E-state index in [-0.39, 0.29) is 5.41 Å². The third-order valence-electron chi connectivity index (χ3n) is 6.12. The summed E-state index contributed by atoms with van der Waals surface area (Å²) in [4.78, 5) is 0. The first-order valence-corrected chi connectivity index (χ1v) is 10.5. The van der Waals surface area contributed by atoms with Gasteiger partial charge < -0.3 is 8.98 Å². The van der Waals surface area contributed by atoms with E-state index < -0.39 is 0 Å². The van der Waals surface area contributed by atoms with Crippen LogP contribution >= 0.6 is 0 Å². The van der Waals surface area contributed by atoms with E-state index in [1.807, 2.05) is 0 Å². The van der Waals surface area contributed by atoms with Crippen molar-refractivity contribution in [3.8, 4) is 5.69 Å². The first-order valence-electron chi connectivity index (χ1n) is 10.5. The van der Waals surface area contributed by atoms with Crippen molar-refractivity contribution in [2.24, 2.45) is 0 Å². The molecule has 0 spiro atoms. The predicted molar refractivity (Wildman–Crippen MR) is 127 cm³/mol. The van der Waals surface area contributed by atoms with Crippen LogP contribution in [0, 0.1) is 0 Å². The molecule has 0 saturated heterocycles. The van der Waals surface area contributed by atoms with Crippen molar-refractivity contribution in [2.45, 2.75) is 26.2 Å². The summed E-state index contributed by atoms with van der Waals surface area (Å²) in [5, 5.41) is 4.82. The fraction of sp³-hybridized carbons (Fsp3) is 0.143. The van der Waals surface area contributed by atoms with E-state index >= 15 is 0 Å². The minimum absolute atomic E-state index is 0.0125. The van der Waals surface area contributed by atoms with Crippen LogP contribution in [-0.2, 0) is 5.41 Å². The Bertz CT molecular complexity index is 1560. The van der Waals surface area contributed by atoms with Gasteiger partial charge in [-0.15, -0.1) is 0 Å². The lowest BCUT2D eigenvalue weighted by Gasteiger charge is -2.18. The van der Waals surface area contributed by atoms with Crippen LogP contribution in [-0.4, -0.2) is 4.57 Å². The largest absolute Gasteiger partial charge is 0.454 e. The average molecular weight is 389 g/mol. The Kier molecular flexibility index (Phi) is 3.47. The van der Waals surface area contributed by atoms with Gasteiger partial charge in [-0.1, -0.05) is 81.4 Å². The molecule has 146 valence electrons. The van der Waals surface area contributed by atoms with Crippen molar-refractivity contribution in [1.29, 1.82) is 0 Å². The molecule has 2 nitrogen and oxygen atoms in total. The van der Waals surface area contributed by atoms with Gasteiger partial charge in [-0.25, -0.2) is 0 Å². The van der Waals surface area contributed by atoms with Crippen molar-refractivity contribution in [2.75, 3.05) is 0 Å². The maximum Gasteiger partial charge on any atom is 0.160 e. The molecular formula is C28H23NO. The van der Waals surface area contributed by atoms with Gasteiger partial charge in [0, 0.05) is 32.8 Å². The quantitative estimate of drug-likeness (QED) is 0.279. The van der Waals surface area contributed by atoms with Gasteiger partial charge in [-0.2, -0.15) is 0 Å². The second-order valence-corrected chi connectivity index (χ2v) is 9.06. The monoisotopic (exact) mass is 389 g/mol. The summed E-state index contributed by atoms with van der Waals surface area (Å²) >= 11 is 0. The molecule has 2 heteroatoms. The Hall–Kier alpha value is -3.52. The van der Waals surface area contributed by atoms with E-state index in [4.69, 9.17) is 4.42 Å². The van der Waals surface area contributed by atoms with Crippen LogP contribution in [0.1, 0.15) is 26.3 Å². The molecule has 0 aliphatic carbocycles. The average Bonchev–Trinajstić information content (AvgIpc) is 3.29. The molecule has 6 rings (SSSR count). The number of furan rings is 1. The molecule has 0 aliphatic rings. The molecule has 0 atom stereocenters. The molecule has 2 heterocycles. The highest BCUT2D eigenvalue weighted by Gasteiger charge is 2.23. The number of para-hydroxylation sites is 3. The molecule has 0 fully saturated rings. The Morgan fingerprint density at radius 3 is 2.07 bits per heavy atom. The lowest BCUT2D eigenvalue weighted by atomic mass is 9.86. The molecule has 6 aromatic rings. The zero-order valence-corrected chi connectivity index (χ0v) is 17.4. The number of rotatable bonds is 1. The molecule has 0 bridgehead atoms. The van der Waals surface area contributed by atoms with Crippen molar-refractivity contribution in [1.82, 2.24) is 4.57 Å². The minimum Gasteiger partial charge on any atom is -0.454 e. The maximum atomic E-state index is 6.69. The second kappa shape index (κ2) is 5.99. The number of hydrogen-bond donors (Lipinski definition) is 0. The third kappa shape index (κ3) is 2.31. The van der Waals surface area contributed by atoms with Crippen LogP contribution in [0.4, 0.5) is 0 Å². The number of hydrogen-bond acceptors (Lipinski definition) is 1. The number of benzene rings is 4. The highest BCUT2D eigenvalue weighted by molar-refractivity contribution is 6.21. The molecule has 0 N–H and O–H groups in total. The topological polar surface area (TPSA) is 18.1 Å². The Balaban J connectivity index is 1.86. The van der Waals surface area contributed by atoms with Crippen LogP contribution in [0.15, 0.2) is 89.3 Å². The van der Waals surface area contributed by atoms with Gasteiger partial charge >= 0.3 is 0 Å². The van der Waals surface area contributed by atoms with Gasteiger partial charge in [-0.3, -0.25) is 0 Å². The van der Waals surface area contributed by atoms with Crippen molar-refractivity contribution in [3.63, 3.8) is 0 Å². The normalized spacial score (nSPS) is 12.5. The van der Waals surface area contributed by atoms with Crippen molar-refractivity contribution < 1.29 is 4.42 Å². The van der Waals surface area contributed by atoms with Crippen molar-refractivity contribution in [3.05, 3.63) is 90.5 Å². The molecule has 0 amide bonds. The molecule has 4 aromatic carbocycles. The van der Waals surface area contributed by atoms with Gasteiger partial charge in [0.1, 0.15) is 5.58 Å². The SMILES string of the molecule is CC(C)(C)c1cccc2c1oc1c2ccc2c3ccccc3n(-c3ccccc3)c21. The van der Waals surface area contributed by atoms with Gasteiger partial charge in [-0.05, 0) is 29.7 Å². The van der Waals surface area contributed by atoms with Crippen LogP contribution in [0.25, 0.3) is 49.4 Å². The second-order valence-electron chi connectivity index (χ2n) is 9.06. The number of aromatic nitrogens is 1. The van der Waals surface area contributed by atoms with Crippen LogP contribution in [0.2, 0.25) is 0 Å². The summed E-state index contributed by atoms with van der Waals surface area (Å²) < 4.78 is 9.03. The highest BCUT2D eigenvalue weighted by Crippen LogP contribution is 2.42. The lowest BCUT2D eigenvalue weighted by Crippen LogP contribution is -2.10. The molecule has 0 radical (unpaired) electrons. The van der Waals surface area contributed by atoms with E-state index in [9.17, 15) is 0 Å². The fourth-order valence-electron chi connectivity index (χ4n) is 4.74. The van der Waals surface area contributed by atoms with Crippen LogP contribution in [0.3, 0.4) is 0 Å². The maximum absolute atomic E-state index is 6.69. The molecule has 0 unspecified atom stereocenters. The summed E-state index contributed by atoms with van der Waals surface area (Å²) in [6.45, 7) is 6.72. The van der Waals surface area contributed by atoms with E-state index in [1.54, 1.807) is 0 Å². The third-order valence-corrected chi connectivity index (χ3v) is 6.12. The van der Waals surface area contributed by atoms with E-state index in [1.165, 1.54) is 32.6 Å². The van der Waals surface area contributed by atoms with E-state index in [0.29, 0.717) is 0 Å². The van der Waals surface area contributed by atoms with Gasteiger partial charge in [0.05, 0.1) is 11.0 Å². The predicted octanol–water partition coefficient (Wildman–Crippen LogP) is 7.98. The number of nitrogens with zero attached hydrogens (tertiary/aromatic N) is 1. The summed E-state index contributed by atoms with van der Waals surface area (Å²) in [7, 11) is 0. The zero-order valence-electron chi connectivity index (χ0n) is 17.4. The van der Waals surface area contributed by atoms with Crippen molar-refractivity contribution >= 4 is 43.7 Å². The highest BCUT2D eigenvalue weighted by atomic mass is 16.3. The first-order chi connectivity index (χ1) is 14.5. The molecule has 0 saturated carbocycles. The van der Waals surface area contributed by atoms with E-state index in [0.717, 1.165) is 22.4 Å². The van der Waals surface area contributed by atoms with Crippen LogP contribution < -0.4 is 0 Å². The Morgan fingerprint density at radius 1 is 0.600 bits per heavy atom. The Morgan fingerprint density at radius 2 is 1.27 bits per heavy atom.